The van der Waals surface area contributed by atoms with Gasteiger partial charge >= 0.3 is 0 Å². The van der Waals surface area contributed by atoms with Crippen molar-refractivity contribution in [2.45, 2.75) is 32.4 Å². The van der Waals surface area contributed by atoms with Crippen molar-refractivity contribution in [3.05, 3.63) is 96.3 Å². The molecule has 1 fully saturated rings. The topological polar surface area (TPSA) is 47.4 Å². The second-order valence-corrected chi connectivity index (χ2v) is 8.72. The molecule has 3 aromatic carbocycles. The molecule has 0 bridgehead atoms. The van der Waals surface area contributed by atoms with Crippen LogP contribution in [-0.2, 0) is 24.4 Å². The molecule has 1 saturated heterocycles. The van der Waals surface area contributed by atoms with Gasteiger partial charge in [0.1, 0.15) is 18.2 Å². The van der Waals surface area contributed by atoms with Crippen LogP contribution in [0.25, 0.3) is 11.0 Å². The second kappa shape index (κ2) is 9.90. The number of carbonyl (C=O) groups is 1. The third-order valence-electron chi connectivity index (χ3n) is 6.45. The molecule has 1 aliphatic rings. The normalized spacial score (nSPS) is 14.5. The van der Waals surface area contributed by atoms with Crippen LogP contribution >= 0.6 is 0 Å². The highest BCUT2D eigenvalue weighted by atomic mass is 16.5. The Morgan fingerprint density at radius 2 is 1.55 bits per heavy atom. The highest BCUT2D eigenvalue weighted by Gasteiger charge is 2.24. The van der Waals surface area contributed by atoms with Crippen LogP contribution < -0.4 is 4.74 Å². The Morgan fingerprint density at radius 3 is 2.30 bits per heavy atom. The molecule has 4 aromatic rings. The lowest BCUT2D eigenvalue weighted by Gasteiger charge is -2.32. The van der Waals surface area contributed by atoms with Gasteiger partial charge in [-0.05, 0) is 48.6 Å². The summed E-state index contributed by atoms with van der Waals surface area (Å²) in [4.78, 5) is 19.6. The van der Waals surface area contributed by atoms with Gasteiger partial charge in [-0.25, -0.2) is 4.98 Å². The van der Waals surface area contributed by atoms with E-state index in [1.807, 2.05) is 71.6 Å². The predicted molar refractivity (Wildman–Crippen MR) is 130 cm³/mol. The van der Waals surface area contributed by atoms with Crippen LogP contribution in [-0.4, -0.2) is 33.4 Å². The summed E-state index contributed by atoms with van der Waals surface area (Å²) in [7, 11) is 0. The highest BCUT2D eigenvalue weighted by molar-refractivity contribution is 5.79. The fourth-order valence-electron chi connectivity index (χ4n) is 4.61. The van der Waals surface area contributed by atoms with E-state index in [9.17, 15) is 4.79 Å². The SMILES string of the molecule is O=C(Cc1ccccc1)N1CCC(Cn2c(COc3ccccc3)nc3ccccc32)CC1. The predicted octanol–water partition coefficient (Wildman–Crippen LogP) is 5.10. The van der Waals surface area contributed by atoms with E-state index in [1.54, 1.807) is 0 Å². The average molecular weight is 440 g/mol. The zero-order chi connectivity index (χ0) is 22.5. The zero-order valence-electron chi connectivity index (χ0n) is 18.8. The molecule has 5 heteroatoms. The summed E-state index contributed by atoms with van der Waals surface area (Å²) in [6.07, 6.45) is 2.50. The van der Waals surface area contributed by atoms with Gasteiger partial charge in [0.2, 0.25) is 5.91 Å². The van der Waals surface area contributed by atoms with Crippen LogP contribution in [0.3, 0.4) is 0 Å². The molecule has 0 N–H and O–H groups in total. The van der Waals surface area contributed by atoms with Crippen molar-refractivity contribution in [3.8, 4) is 5.75 Å². The summed E-state index contributed by atoms with van der Waals surface area (Å²) in [5.41, 5.74) is 3.23. The van der Waals surface area contributed by atoms with Gasteiger partial charge in [-0.15, -0.1) is 0 Å². The fraction of sp³-hybridized carbons (Fsp3) is 0.286. The first-order valence-corrected chi connectivity index (χ1v) is 11.7. The quantitative estimate of drug-likeness (QED) is 0.403. The Bertz CT molecular complexity index is 1200. The second-order valence-electron chi connectivity index (χ2n) is 8.72. The number of amides is 1. The third kappa shape index (κ3) is 5.08. The van der Waals surface area contributed by atoms with Crippen LogP contribution in [0.15, 0.2) is 84.9 Å². The smallest absolute Gasteiger partial charge is 0.226 e. The van der Waals surface area contributed by atoms with Crippen LogP contribution in [0, 0.1) is 5.92 Å². The molecule has 5 rings (SSSR count). The van der Waals surface area contributed by atoms with Gasteiger partial charge in [0.25, 0.3) is 0 Å². The number of hydrogen-bond acceptors (Lipinski definition) is 3. The van der Waals surface area contributed by atoms with E-state index in [1.165, 1.54) is 0 Å². The Kier molecular flexibility index (Phi) is 6.38. The first-order chi connectivity index (χ1) is 16.3. The van der Waals surface area contributed by atoms with Crippen molar-refractivity contribution in [3.63, 3.8) is 0 Å². The number of ether oxygens (including phenoxy) is 1. The van der Waals surface area contributed by atoms with E-state index in [4.69, 9.17) is 9.72 Å². The average Bonchev–Trinajstić information content (AvgIpc) is 3.21. The number of hydrogen-bond donors (Lipinski definition) is 0. The number of para-hydroxylation sites is 3. The fourth-order valence-corrected chi connectivity index (χ4v) is 4.61. The minimum Gasteiger partial charge on any atom is -0.486 e. The lowest BCUT2D eigenvalue weighted by atomic mass is 9.96. The Labute approximate surface area is 194 Å². The van der Waals surface area contributed by atoms with Crippen molar-refractivity contribution in [2.75, 3.05) is 13.1 Å². The van der Waals surface area contributed by atoms with Gasteiger partial charge in [-0.2, -0.15) is 0 Å². The van der Waals surface area contributed by atoms with Gasteiger partial charge in [0.05, 0.1) is 17.5 Å². The monoisotopic (exact) mass is 439 g/mol. The van der Waals surface area contributed by atoms with E-state index >= 15 is 0 Å². The summed E-state index contributed by atoms with van der Waals surface area (Å²) >= 11 is 0. The minimum atomic E-state index is 0.227. The standard InChI is InChI=1S/C28H29N3O2/c32-28(19-22-9-3-1-4-10-22)30-17-15-23(16-18-30)20-31-26-14-8-7-13-25(26)29-27(31)21-33-24-11-5-2-6-12-24/h1-14,23H,15-21H2. The van der Waals surface area contributed by atoms with Crippen molar-refractivity contribution in [2.24, 2.45) is 5.92 Å². The van der Waals surface area contributed by atoms with Crippen LogP contribution in [0.2, 0.25) is 0 Å². The summed E-state index contributed by atoms with van der Waals surface area (Å²) < 4.78 is 8.33. The number of benzene rings is 3. The molecular weight excluding hydrogens is 410 g/mol. The Morgan fingerprint density at radius 1 is 0.879 bits per heavy atom. The van der Waals surface area contributed by atoms with Gasteiger partial charge in [-0.3, -0.25) is 4.79 Å². The van der Waals surface area contributed by atoms with Crippen molar-refractivity contribution >= 4 is 16.9 Å². The number of carbonyl (C=O) groups excluding carboxylic acids is 1. The molecule has 5 nitrogen and oxygen atoms in total. The number of rotatable bonds is 7. The van der Waals surface area contributed by atoms with E-state index in [0.717, 1.165) is 60.6 Å². The number of likely N-dealkylation sites (tertiary alicyclic amines) is 1. The molecule has 1 aromatic heterocycles. The van der Waals surface area contributed by atoms with Gasteiger partial charge < -0.3 is 14.2 Å². The third-order valence-corrected chi connectivity index (χ3v) is 6.45. The molecule has 0 atom stereocenters. The van der Waals surface area contributed by atoms with Crippen LogP contribution in [0.5, 0.6) is 5.75 Å². The molecule has 1 aliphatic heterocycles. The molecular formula is C28H29N3O2. The minimum absolute atomic E-state index is 0.227. The molecule has 168 valence electrons. The van der Waals surface area contributed by atoms with Gasteiger partial charge in [0.15, 0.2) is 0 Å². The Hall–Kier alpha value is -3.60. The lowest BCUT2D eigenvalue weighted by molar-refractivity contribution is -0.131. The van der Waals surface area contributed by atoms with E-state index < -0.39 is 0 Å². The molecule has 0 unspecified atom stereocenters. The van der Waals surface area contributed by atoms with E-state index in [2.05, 4.69) is 22.8 Å². The highest BCUT2D eigenvalue weighted by Crippen LogP contribution is 2.25. The number of nitrogens with zero attached hydrogens (tertiary/aromatic N) is 3. The molecule has 0 aliphatic carbocycles. The van der Waals surface area contributed by atoms with Gasteiger partial charge in [-0.1, -0.05) is 60.7 Å². The number of imidazole rings is 1. The molecule has 0 spiro atoms. The van der Waals surface area contributed by atoms with E-state index in [0.29, 0.717) is 18.9 Å². The maximum atomic E-state index is 12.7. The summed E-state index contributed by atoms with van der Waals surface area (Å²) in [6, 6.07) is 28.2. The molecule has 0 radical (unpaired) electrons. The Balaban J connectivity index is 1.24. The van der Waals surface area contributed by atoms with E-state index in [-0.39, 0.29) is 5.91 Å². The summed E-state index contributed by atoms with van der Waals surface area (Å²) in [6.45, 7) is 2.97. The first-order valence-electron chi connectivity index (χ1n) is 11.7. The maximum Gasteiger partial charge on any atom is 0.226 e. The molecule has 2 heterocycles. The first kappa shape index (κ1) is 21.3. The number of aromatic nitrogens is 2. The number of piperidine rings is 1. The van der Waals surface area contributed by atoms with Crippen molar-refractivity contribution < 1.29 is 9.53 Å². The summed E-state index contributed by atoms with van der Waals surface area (Å²) in [5, 5.41) is 0. The maximum absolute atomic E-state index is 12.7. The van der Waals surface area contributed by atoms with Crippen molar-refractivity contribution in [1.29, 1.82) is 0 Å². The zero-order valence-corrected chi connectivity index (χ0v) is 18.8. The van der Waals surface area contributed by atoms with Crippen molar-refractivity contribution in [1.82, 2.24) is 14.5 Å². The van der Waals surface area contributed by atoms with Crippen LogP contribution in [0.1, 0.15) is 24.2 Å². The molecule has 33 heavy (non-hydrogen) atoms. The lowest BCUT2D eigenvalue weighted by Crippen LogP contribution is -2.40. The van der Waals surface area contributed by atoms with Crippen LogP contribution in [0.4, 0.5) is 0 Å². The number of fused-ring (bicyclic) bond motifs is 1. The molecule has 1 amide bonds. The van der Waals surface area contributed by atoms with Gasteiger partial charge in [0, 0.05) is 19.6 Å². The largest absolute Gasteiger partial charge is 0.486 e. The summed E-state index contributed by atoms with van der Waals surface area (Å²) in [5.74, 6) is 2.53. The molecule has 0 saturated carbocycles.